The van der Waals surface area contributed by atoms with Crippen molar-refractivity contribution in [2.24, 2.45) is 0 Å². The molecule has 1 aromatic carbocycles. The lowest BCUT2D eigenvalue weighted by atomic mass is 9.97. The van der Waals surface area contributed by atoms with Crippen LogP contribution in [0.25, 0.3) is 0 Å². The molecule has 3 heteroatoms. The van der Waals surface area contributed by atoms with Gasteiger partial charge in [-0.25, -0.2) is 0 Å². The van der Waals surface area contributed by atoms with Gasteiger partial charge in [-0.2, -0.15) is 0 Å². The van der Waals surface area contributed by atoms with Crippen molar-refractivity contribution in [3.63, 3.8) is 0 Å². The highest BCUT2D eigenvalue weighted by molar-refractivity contribution is 6.31. The number of epoxide rings is 1. The molecule has 2 nitrogen and oxygen atoms in total. The van der Waals surface area contributed by atoms with E-state index in [1.165, 1.54) is 0 Å². The van der Waals surface area contributed by atoms with E-state index in [9.17, 15) is 4.79 Å². The standard InChI is InChI=1S/C14H10ClO2/c15-11-8-4-3-7-10(11)13-14(17-13)12(16)9-5-1-2-6-9/h1-8,13-14H/t13-,14+/m0/s1. The maximum atomic E-state index is 12.0. The van der Waals surface area contributed by atoms with Crippen molar-refractivity contribution in [1.29, 1.82) is 0 Å². The van der Waals surface area contributed by atoms with Crippen LogP contribution in [-0.4, -0.2) is 11.9 Å². The lowest BCUT2D eigenvalue weighted by Gasteiger charge is -2.03. The van der Waals surface area contributed by atoms with E-state index in [1.54, 1.807) is 12.8 Å². The normalized spacial score (nSPS) is 28.3. The second-order valence-corrected chi connectivity index (χ2v) is 4.44. The molecule has 5 radical (unpaired) electrons. The Morgan fingerprint density at radius 1 is 1.18 bits per heavy atom. The molecule has 1 aliphatic carbocycles. The number of ether oxygens (including phenoxy) is 1. The topological polar surface area (TPSA) is 29.6 Å². The minimum atomic E-state index is -0.377. The number of hydrogen-bond donors (Lipinski definition) is 0. The minimum absolute atomic E-state index is 0.0277. The number of Topliss-reactive ketones (excluding diaryl/α,β-unsaturated/α-hetero) is 1. The molecule has 3 rings (SSSR count). The van der Waals surface area contributed by atoms with E-state index in [0.29, 0.717) is 10.9 Å². The molecule has 1 heterocycles. The molecule has 17 heavy (non-hydrogen) atoms. The van der Waals surface area contributed by atoms with Crippen molar-refractivity contribution in [3.8, 4) is 0 Å². The zero-order valence-electron chi connectivity index (χ0n) is 8.97. The molecule has 0 N–H and O–H groups in total. The van der Waals surface area contributed by atoms with Crippen LogP contribution in [0.2, 0.25) is 5.02 Å². The molecule has 1 aromatic rings. The highest BCUT2D eigenvalue weighted by Gasteiger charge is 2.49. The van der Waals surface area contributed by atoms with E-state index < -0.39 is 0 Å². The SMILES string of the molecule is O=C([C]1[CH][CH][CH][CH]1)[C@H]1O[C@H]1c1ccccc1Cl. The van der Waals surface area contributed by atoms with Crippen LogP contribution in [-0.2, 0) is 9.53 Å². The van der Waals surface area contributed by atoms with E-state index in [1.807, 2.05) is 37.1 Å². The van der Waals surface area contributed by atoms with Crippen LogP contribution in [0.4, 0.5) is 0 Å². The first-order valence-corrected chi connectivity index (χ1v) is 5.81. The smallest absolute Gasteiger partial charge is 0.172 e. The van der Waals surface area contributed by atoms with Crippen molar-refractivity contribution in [3.05, 3.63) is 66.5 Å². The fraction of sp³-hybridized carbons (Fsp3) is 0.143. The fourth-order valence-electron chi connectivity index (χ4n) is 1.96. The Morgan fingerprint density at radius 3 is 2.59 bits per heavy atom. The summed E-state index contributed by atoms with van der Waals surface area (Å²) < 4.78 is 5.44. The summed E-state index contributed by atoms with van der Waals surface area (Å²) in [5.74, 6) is 0.726. The number of benzene rings is 1. The van der Waals surface area contributed by atoms with Crippen LogP contribution in [0.1, 0.15) is 11.7 Å². The summed E-state index contributed by atoms with van der Waals surface area (Å²) in [5.41, 5.74) is 0.888. The molecule has 0 amide bonds. The molecule has 0 aromatic heterocycles. The van der Waals surface area contributed by atoms with Gasteiger partial charge in [-0.15, -0.1) is 0 Å². The summed E-state index contributed by atoms with van der Waals surface area (Å²) in [6, 6.07) is 7.46. The molecule has 2 aliphatic rings. The maximum Gasteiger partial charge on any atom is 0.172 e. The minimum Gasteiger partial charge on any atom is -0.356 e. The van der Waals surface area contributed by atoms with Gasteiger partial charge >= 0.3 is 0 Å². The Bertz CT molecular complexity index is 438. The van der Waals surface area contributed by atoms with Crippen molar-refractivity contribution >= 4 is 17.4 Å². The monoisotopic (exact) mass is 245 g/mol. The Balaban J connectivity index is 1.70. The van der Waals surface area contributed by atoms with Crippen LogP contribution in [0, 0.1) is 31.6 Å². The van der Waals surface area contributed by atoms with Gasteiger partial charge in [0.05, 0.1) is 5.92 Å². The number of carbonyl (C=O) groups excluding carboxylic acids is 1. The first-order chi connectivity index (χ1) is 8.27. The van der Waals surface area contributed by atoms with E-state index in [2.05, 4.69) is 0 Å². The van der Waals surface area contributed by atoms with Crippen LogP contribution in [0.3, 0.4) is 0 Å². The van der Waals surface area contributed by atoms with Gasteiger partial charge in [-0.3, -0.25) is 4.79 Å². The van der Waals surface area contributed by atoms with E-state index >= 15 is 0 Å². The lowest BCUT2D eigenvalue weighted by Crippen LogP contribution is -2.16. The quantitative estimate of drug-likeness (QED) is 0.767. The number of carbonyl (C=O) groups is 1. The number of halogens is 1. The molecule has 2 fully saturated rings. The summed E-state index contributed by atoms with van der Waals surface area (Å²) in [5, 5.41) is 0.648. The van der Waals surface area contributed by atoms with Gasteiger partial charge in [0, 0.05) is 10.6 Å². The average Bonchev–Trinajstić information content (AvgIpc) is 2.93. The summed E-state index contributed by atoms with van der Waals surface area (Å²) >= 11 is 6.06. The molecule has 0 unspecified atom stereocenters. The average molecular weight is 246 g/mol. The second kappa shape index (κ2) is 4.43. The molecular formula is C14H10ClO2. The van der Waals surface area contributed by atoms with Crippen molar-refractivity contribution < 1.29 is 9.53 Å². The first-order valence-electron chi connectivity index (χ1n) is 5.43. The Hall–Kier alpha value is -0.860. The molecule has 85 valence electrons. The third kappa shape index (κ3) is 2.12. The lowest BCUT2D eigenvalue weighted by molar-refractivity contribution is -0.117. The Labute approximate surface area is 106 Å². The van der Waals surface area contributed by atoms with E-state index in [-0.39, 0.29) is 18.0 Å². The van der Waals surface area contributed by atoms with Gasteiger partial charge in [0.15, 0.2) is 5.78 Å². The molecule has 0 spiro atoms. The third-order valence-electron chi connectivity index (χ3n) is 2.91. The molecule has 1 saturated carbocycles. The van der Waals surface area contributed by atoms with Gasteiger partial charge in [0.25, 0.3) is 0 Å². The molecule has 2 atom stereocenters. The predicted molar refractivity (Wildman–Crippen MR) is 64.5 cm³/mol. The van der Waals surface area contributed by atoms with Gasteiger partial charge in [-0.1, -0.05) is 29.8 Å². The summed E-state index contributed by atoms with van der Waals surface area (Å²) in [6.07, 6.45) is 6.73. The zero-order valence-corrected chi connectivity index (χ0v) is 9.72. The van der Waals surface area contributed by atoms with E-state index in [4.69, 9.17) is 16.3 Å². The Morgan fingerprint density at radius 2 is 1.88 bits per heavy atom. The summed E-state index contributed by atoms with van der Waals surface area (Å²) in [7, 11) is 0. The molecular weight excluding hydrogens is 236 g/mol. The van der Waals surface area contributed by atoms with Crippen LogP contribution in [0.5, 0.6) is 0 Å². The second-order valence-electron chi connectivity index (χ2n) is 4.04. The van der Waals surface area contributed by atoms with Gasteiger partial charge in [-0.05, 0) is 31.7 Å². The number of ketones is 1. The highest BCUT2D eigenvalue weighted by Crippen LogP contribution is 2.44. The predicted octanol–water partition coefficient (Wildman–Crippen LogP) is 2.75. The van der Waals surface area contributed by atoms with E-state index in [0.717, 1.165) is 5.56 Å². The molecule has 0 bridgehead atoms. The highest BCUT2D eigenvalue weighted by atomic mass is 35.5. The third-order valence-corrected chi connectivity index (χ3v) is 3.25. The first kappa shape index (κ1) is 11.2. The van der Waals surface area contributed by atoms with Crippen LogP contribution in [0.15, 0.2) is 24.3 Å². The van der Waals surface area contributed by atoms with Crippen LogP contribution < -0.4 is 0 Å². The zero-order chi connectivity index (χ0) is 11.8. The van der Waals surface area contributed by atoms with Crippen LogP contribution >= 0.6 is 11.6 Å². The number of rotatable bonds is 3. The number of hydrogen-bond acceptors (Lipinski definition) is 2. The van der Waals surface area contributed by atoms with Gasteiger partial charge in [0.2, 0.25) is 0 Å². The van der Waals surface area contributed by atoms with Crippen molar-refractivity contribution in [1.82, 2.24) is 0 Å². The van der Waals surface area contributed by atoms with Crippen molar-refractivity contribution in [2.75, 3.05) is 0 Å². The van der Waals surface area contributed by atoms with Crippen molar-refractivity contribution in [2.45, 2.75) is 12.2 Å². The molecule has 1 aliphatic heterocycles. The maximum absolute atomic E-state index is 12.0. The fourth-order valence-corrected chi connectivity index (χ4v) is 2.20. The Kier molecular flexibility index (Phi) is 2.93. The largest absolute Gasteiger partial charge is 0.356 e. The summed E-state index contributed by atoms with van der Waals surface area (Å²) in [4.78, 5) is 12.0. The molecule has 1 saturated heterocycles. The summed E-state index contributed by atoms with van der Waals surface area (Å²) in [6.45, 7) is 0. The van der Waals surface area contributed by atoms with Gasteiger partial charge < -0.3 is 4.74 Å². The van der Waals surface area contributed by atoms with Gasteiger partial charge in [0.1, 0.15) is 12.2 Å².